The van der Waals surface area contributed by atoms with Crippen LogP contribution in [0.25, 0.3) is 0 Å². The van der Waals surface area contributed by atoms with Crippen LogP contribution in [-0.4, -0.2) is 5.78 Å². The molecule has 0 aliphatic heterocycles. The molecule has 0 heterocycles. The van der Waals surface area contributed by atoms with Crippen molar-refractivity contribution in [1.29, 1.82) is 0 Å². The molecule has 1 atom stereocenters. The van der Waals surface area contributed by atoms with E-state index >= 15 is 0 Å². The van der Waals surface area contributed by atoms with Gasteiger partial charge in [-0.15, -0.1) is 0 Å². The van der Waals surface area contributed by atoms with Gasteiger partial charge in [0.2, 0.25) is 0 Å². The predicted molar refractivity (Wildman–Crippen MR) is 65.5 cm³/mol. The van der Waals surface area contributed by atoms with Crippen LogP contribution in [0.5, 0.6) is 0 Å². The minimum atomic E-state index is -0.339. The Morgan fingerprint density at radius 3 is 2.94 bits per heavy atom. The summed E-state index contributed by atoms with van der Waals surface area (Å²) in [5, 5.41) is 0.343. The molecule has 0 N–H and O–H groups in total. The van der Waals surface area contributed by atoms with E-state index in [-0.39, 0.29) is 17.5 Å². The summed E-state index contributed by atoms with van der Waals surface area (Å²) in [5.41, 5.74) is 0.848. The second-order valence-corrected chi connectivity index (χ2v) is 5.51. The average Bonchev–Trinajstić information content (AvgIpc) is 2.34. The first-order valence-corrected chi connectivity index (χ1v) is 6.37. The first-order valence-electron chi connectivity index (χ1n) is 5.20. The number of benzene rings is 1. The summed E-state index contributed by atoms with van der Waals surface area (Å²) >= 11 is 9.23. The monoisotopic (exact) mass is 304 g/mol. The molecule has 0 spiro atoms. The number of carbonyl (C=O) groups is 1. The maximum Gasteiger partial charge on any atom is 0.165 e. The summed E-state index contributed by atoms with van der Waals surface area (Å²) < 4.78 is 14.2. The molecular formula is C12H11BrClFO. The molecule has 0 radical (unpaired) electrons. The van der Waals surface area contributed by atoms with E-state index in [0.29, 0.717) is 33.5 Å². The van der Waals surface area contributed by atoms with Crippen molar-refractivity contribution < 1.29 is 9.18 Å². The van der Waals surface area contributed by atoms with Gasteiger partial charge in [0.05, 0.1) is 5.02 Å². The van der Waals surface area contributed by atoms with E-state index in [4.69, 9.17) is 11.6 Å². The molecular weight excluding hydrogens is 294 g/mol. The Labute approximate surface area is 107 Å². The molecule has 1 unspecified atom stereocenters. The van der Waals surface area contributed by atoms with Crippen molar-refractivity contribution in [2.45, 2.75) is 26.2 Å². The highest BCUT2D eigenvalue weighted by Crippen LogP contribution is 2.35. The van der Waals surface area contributed by atoms with E-state index in [2.05, 4.69) is 15.9 Å². The number of Topliss-reactive ketones (excluding diaryl/α,β-unsaturated/α-hetero) is 1. The zero-order valence-corrected chi connectivity index (χ0v) is 11.2. The zero-order chi connectivity index (χ0) is 11.9. The molecule has 2 rings (SSSR count). The fourth-order valence-electron chi connectivity index (χ4n) is 2.08. The number of hydrogen-bond acceptors (Lipinski definition) is 1. The van der Waals surface area contributed by atoms with E-state index < -0.39 is 0 Å². The highest BCUT2D eigenvalue weighted by Gasteiger charge is 2.26. The SMILES string of the molecule is CC1CCc2c(F)cc(Br)c(Cl)c2C(=O)C1. The summed E-state index contributed by atoms with van der Waals surface area (Å²) in [6.07, 6.45) is 1.86. The van der Waals surface area contributed by atoms with Crippen molar-refractivity contribution in [3.63, 3.8) is 0 Å². The van der Waals surface area contributed by atoms with Gasteiger partial charge in [-0.3, -0.25) is 4.79 Å². The number of ketones is 1. The highest BCUT2D eigenvalue weighted by atomic mass is 79.9. The van der Waals surface area contributed by atoms with Gasteiger partial charge in [-0.1, -0.05) is 18.5 Å². The Hall–Kier alpha value is -0.410. The molecule has 0 saturated carbocycles. The number of fused-ring (bicyclic) bond motifs is 1. The predicted octanol–water partition coefficient (Wildman–Crippen LogP) is 4.40. The quantitative estimate of drug-likeness (QED) is 0.513. The van der Waals surface area contributed by atoms with Crippen LogP contribution in [0, 0.1) is 11.7 Å². The standard InChI is InChI=1S/C12H11BrClFO/c1-6-2-3-7-9(15)5-8(13)12(14)11(7)10(16)4-6/h5-6H,2-4H2,1H3. The van der Waals surface area contributed by atoms with Gasteiger partial charge in [-0.25, -0.2) is 4.39 Å². The lowest BCUT2D eigenvalue weighted by Crippen LogP contribution is -2.05. The number of carbonyl (C=O) groups excluding carboxylic acids is 1. The molecule has 86 valence electrons. The van der Waals surface area contributed by atoms with E-state index in [1.165, 1.54) is 6.07 Å². The molecule has 0 amide bonds. The van der Waals surface area contributed by atoms with Crippen molar-refractivity contribution in [3.8, 4) is 0 Å². The first kappa shape index (κ1) is 12.1. The van der Waals surface area contributed by atoms with Gasteiger partial charge >= 0.3 is 0 Å². The minimum absolute atomic E-state index is 0.0507. The molecule has 0 bridgehead atoms. The van der Waals surface area contributed by atoms with Crippen molar-refractivity contribution in [1.82, 2.24) is 0 Å². The zero-order valence-electron chi connectivity index (χ0n) is 8.82. The van der Waals surface area contributed by atoms with Gasteiger partial charge in [0.15, 0.2) is 5.78 Å². The fraction of sp³-hybridized carbons (Fsp3) is 0.417. The number of hydrogen-bond donors (Lipinski definition) is 0. The summed E-state index contributed by atoms with van der Waals surface area (Å²) in [4.78, 5) is 12.0. The topological polar surface area (TPSA) is 17.1 Å². The molecule has 0 saturated heterocycles. The second kappa shape index (κ2) is 4.46. The summed E-state index contributed by atoms with van der Waals surface area (Å²) in [6.45, 7) is 2.00. The molecule has 1 aliphatic carbocycles. The number of rotatable bonds is 0. The third kappa shape index (κ3) is 2.03. The summed E-state index contributed by atoms with van der Waals surface area (Å²) in [5.74, 6) is -0.104. The fourth-order valence-corrected chi connectivity index (χ4v) is 2.75. The maximum absolute atomic E-state index is 13.8. The molecule has 0 aromatic heterocycles. The number of halogens is 3. The third-order valence-corrected chi connectivity index (χ3v) is 4.22. The molecule has 1 aromatic rings. The van der Waals surface area contributed by atoms with Crippen molar-refractivity contribution >= 4 is 33.3 Å². The van der Waals surface area contributed by atoms with Crippen LogP contribution in [0.1, 0.15) is 35.7 Å². The first-order chi connectivity index (χ1) is 7.50. The molecule has 4 heteroatoms. The minimum Gasteiger partial charge on any atom is -0.294 e. The lowest BCUT2D eigenvalue weighted by Gasteiger charge is -2.09. The third-order valence-electron chi connectivity index (χ3n) is 2.97. The molecule has 0 fully saturated rings. The Morgan fingerprint density at radius 2 is 2.25 bits per heavy atom. The van der Waals surface area contributed by atoms with Crippen LogP contribution < -0.4 is 0 Å². The largest absolute Gasteiger partial charge is 0.294 e. The smallest absolute Gasteiger partial charge is 0.165 e. The van der Waals surface area contributed by atoms with Gasteiger partial charge in [0.25, 0.3) is 0 Å². The lowest BCUT2D eigenvalue weighted by atomic mass is 10.0. The van der Waals surface area contributed by atoms with Gasteiger partial charge in [-0.05, 0) is 40.8 Å². The van der Waals surface area contributed by atoms with Gasteiger partial charge in [0, 0.05) is 22.0 Å². The summed E-state index contributed by atoms with van der Waals surface area (Å²) in [7, 11) is 0. The van der Waals surface area contributed by atoms with E-state index in [1.807, 2.05) is 6.92 Å². The van der Waals surface area contributed by atoms with Gasteiger partial charge < -0.3 is 0 Å². The molecule has 1 aromatic carbocycles. The lowest BCUT2D eigenvalue weighted by molar-refractivity contribution is 0.0967. The van der Waals surface area contributed by atoms with E-state index in [1.54, 1.807) is 0 Å². The van der Waals surface area contributed by atoms with E-state index in [9.17, 15) is 9.18 Å². The average molecular weight is 306 g/mol. The van der Waals surface area contributed by atoms with Gasteiger partial charge in [-0.2, -0.15) is 0 Å². The summed E-state index contributed by atoms with van der Waals surface area (Å²) in [6, 6.07) is 1.34. The Kier molecular flexibility index (Phi) is 3.36. The highest BCUT2D eigenvalue weighted by molar-refractivity contribution is 9.10. The van der Waals surface area contributed by atoms with Crippen LogP contribution in [0.4, 0.5) is 4.39 Å². The Morgan fingerprint density at radius 1 is 1.56 bits per heavy atom. The Bertz CT molecular complexity index is 459. The molecule has 16 heavy (non-hydrogen) atoms. The van der Waals surface area contributed by atoms with Gasteiger partial charge in [0.1, 0.15) is 5.82 Å². The normalized spacial score (nSPS) is 20.5. The Balaban J connectivity index is 2.64. The van der Waals surface area contributed by atoms with Crippen molar-refractivity contribution in [3.05, 3.63) is 32.5 Å². The molecule has 1 aliphatic rings. The van der Waals surface area contributed by atoms with Crippen LogP contribution in [0.2, 0.25) is 5.02 Å². The van der Waals surface area contributed by atoms with E-state index in [0.717, 1.165) is 6.42 Å². The maximum atomic E-state index is 13.8. The van der Waals surface area contributed by atoms with Crippen LogP contribution >= 0.6 is 27.5 Å². The van der Waals surface area contributed by atoms with Crippen LogP contribution in [-0.2, 0) is 6.42 Å². The van der Waals surface area contributed by atoms with Crippen molar-refractivity contribution in [2.75, 3.05) is 0 Å². The second-order valence-electron chi connectivity index (χ2n) is 4.28. The molecule has 1 nitrogen and oxygen atoms in total. The van der Waals surface area contributed by atoms with Crippen molar-refractivity contribution in [2.24, 2.45) is 5.92 Å². The van der Waals surface area contributed by atoms with Crippen LogP contribution in [0.3, 0.4) is 0 Å². The van der Waals surface area contributed by atoms with Crippen LogP contribution in [0.15, 0.2) is 10.5 Å².